The van der Waals surface area contributed by atoms with E-state index in [9.17, 15) is 0 Å². The Morgan fingerprint density at radius 3 is 1.84 bits per heavy atom. The Morgan fingerprint density at radius 1 is 0.419 bits per heavy atom. The van der Waals surface area contributed by atoms with Crippen molar-refractivity contribution < 1.29 is 8.83 Å². The second-order valence-electron chi connectivity index (χ2n) is 11.3. The largest absolute Gasteiger partial charge is 0.452 e. The van der Waals surface area contributed by atoms with Crippen LogP contribution in [-0.2, 0) is 0 Å². The maximum absolute atomic E-state index is 7.00. The van der Waals surface area contributed by atoms with Gasteiger partial charge in [0, 0.05) is 50.1 Å². The highest BCUT2D eigenvalue weighted by molar-refractivity contribution is 7.01. The van der Waals surface area contributed by atoms with Crippen molar-refractivity contribution in [2.75, 3.05) is 9.80 Å². The molecule has 2 aromatic heterocycles. The quantitative estimate of drug-likeness (QED) is 0.202. The van der Waals surface area contributed by atoms with E-state index < -0.39 is 0 Å². The van der Waals surface area contributed by atoms with Crippen molar-refractivity contribution in [3.05, 3.63) is 140 Å². The molecule has 0 unspecified atom stereocenters. The van der Waals surface area contributed by atoms with Gasteiger partial charge < -0.3 is 13.7 Å². The molecule has 0 aliphatic carbocycles. The van der Waals surface area contributed by atoms with E-state index in [1.54, 1.807) is 0 Å². The molecule has 43 heavy (non-hydrogen) atoms. The molecule has 0 atom stereocenters. The molecular formula is C38H23BN2O2. The summed E-state index contributed by atoms with van der Waals surface area (Å²) in [4.78, 5) is 4.69. The van der Waals surface area contributed by atoms with Gasteiger partial charge in [-0.3, -0.25) is 4.90 Å². The van der Waals surface area contributed by atoms with Crippen molar-refractivity contribution in [1.29, 1.82) is 0 Å². The van der Waals surface area contributed by atoms with Gasteiger partial charge >= 0.3 is 0 Å². The van der Waals surface area contributed by atoms with Gasteiger partial charge in [-0.05, 0) is 65.5 Å². The van der Waals surface area contributed by atoms with Gasteiger partial charge in [0.25, 0.3) is 6.71 Å². The van der Waals surface area contributed by atoms with Crippen LogP contribution in [0.2, 0.25) is 0 Å². The number of nitrogens with zero attached hydrogens (tertiary/aromatic N) is 2. The highest BCUT2D eigenvalue weighted by Gasteiger charge is 2.46. The summed E-state index contributed by atoms with van der Waals surface area (Å²) in [6.45, 7) is -0.0135. The molecule has 2 aliphatic rings. The SMILES string of the molecule is c1ccc(N2c3ccccc3B3c4c2cccc4N(c2ccccc2)c2oc4c(ccc5c6ccccc6oc54)c23)cc1. The first-order chi connectivity index (χ1) is 21.4. The molecular weight excluding hydrogens is 527 g/mol. The molecule has 0 spiro atoms. The molecule has 10 rings (SSSR count). The van der Waals surface area contributed by atoms with E-state index in [0.717, 1.165) is 55.9 Å². The van der Waals surface area contributed by atoms with Crippen LogP contribution < -0.4 is 26.2 Å². The summed E-state index contributed by atoms with van der Waals surface area (Å²) in [6, 6.07) is 49.3. The van der Waals surface area contributed by atoms with Crippen LogP contribution in [0.25, 0.3) is 32.9 Å². The summed E-state index contributed by atoms with van der Waals surface area (Å²) in [6.07, 6.45) is 0. The Bertz CT molecular complexity index is 2380. The van der Waals surface area contributed by atoms with Gasteiger partial charge in [-0.25, -0.2) is 0 Å². The van der Waals surface area contributed by atoms with E-state index in [-0.39, 0.29) is 6.71 Å². The molecule has 5 heteroatoms. The lowest BCUT2D eigenvalue weighted by atomic mass is 9.33. The zero-order chi connectivity index (χ0) is 28.1. The average Bonchev–Trinajstić information content (AvgIpc) is 3.64. The third kappa shape index (κ3) is 3.01. The molecule has 2 aliphatic heterocycles. The number of hydrogen-bond donors (Lipinski definition) is 0. The topological polar surface area (TPSA) is 32.8 Å². The molecule has 6 aromatic carbocycles. The van der Waals surface area contributed by atoms with E-state index >= 15 is 0 Å². The summed E-state index contributed by atoms with van der Waals surface area (Å²) in [5.41, 5.74) is 11.8. The second-order valence-corrected chi connectivity index (χ2v) is 11.3. The molecule has 0 fully saturated rings. The van der Waals surface area contributed by atoms with Crippen molar-refractivity contribution in [2.24, 2.45) is 0 Å². The minimum Gasteiger partial charge on any atom is -0.452 e. The van der Waals surface area contributed by atoms with Crippen LogP contribution in [0, 0.1) is 0 Å². The van der Waals surface area contributed by atoms with Crippen LogP contribution in [0.15, 0.2) is 148 Å². The number of benzene rings is 6. The van der Waals surface area contributed by atoms with Gasteiger partial charge in [-0.1, -0.05) is 84.9 Å². The zero-order valence-electron chi connectivity index (χ0n) is 23.1. The zero-order valence-corrected chi connectivity index (χ0v) is 23.1. The van der Waals surface area contributed by atoms with Crippen molar-refractivity contribution in [2.45, 2.75) is 0 Å². The Labute approximate surface area is 248 Å². The van der Waals surface area contributed by atoms with Gasteiger partial charge in [-0.15, -0.1) is 0 Å². The Balaban J connectivity index is 1.35. The van der Waals surface area contributed by atoms with Crippen LogP contribution in [0.1, 0.15) is 0 Å². The summed E-state index contributed by atoms with van der Waals surface area (Å²) in [7, 11) is 0. The Kier molecular flexibility index (Phi) is 4.50. The number of para-hydroxylation sites is 4. The summed E-state index contributed by atoms with van der Waals surface area (Å²) in [5.74, 6) is 0.840. The maximum Gasteiger partial charge on any atom is 0.257 e. The predicted molar refractivity (Wildman–Crippen MR) is 178 cm³/mol. The third-order valence-electron chi connectivity index (χ3n) is 9.06. The third-order valence-corrected chi connectivity index (χ3v) is 9.06. The van der Waals surface area contributed by atoms with Crippen molar-refractivity contribution in [3.63, 3.8) is 0 Å². The first-order valence-corrected chi connectivity index (χ1v) is 14.7. The standard InChI is InChI=1S/C38H23BN2O2/c1-3-12-24(13-4-1)40-30-18-9-8-17-29(30)39-34-28-23-22-27-26-16-7-10-21-33(26)42-36(27)37(28)43-38(34)41(25-14-5-2-6-15-25)32-20-11-19-31(40)35(32)39/h1-23H. The maximum atomic E-state index is 7.00. The lowest BCUT2D eigenvalue weighted by molar-refractivity contribution is 0.605. The first-order valence-electron chi connectivity index (χ1n) is 14.7. The summed E-state index contributed by atoms with van der Waals surface area (Å²) >= 11 is 0. The fourth-order valence-corrected chi connectivity index (χ4v) is 7.33. The fraction of sp³-hybridized carbons (Fsp3) is 0. The van der Waals surface area contributed by atoms with Gasteiger partial charge in [0.15, 0.2) is 11.2 Å². The number of furan rings is 2. The van der Waals surface area contributed by atoms with Crippen molar-refractivity contribution in [3.8, 4) is 0 Å². The van der Waals surface area contributed by atoms with Crippen LogP contribution in [0.5, 0.6) is 0 Å². The molecule has 4 nitrogen and oxygen atoms in total. The van der Waals surface area contributed by atoms with Crippen LogP contribution in [-0.4, -0.2) is 6.71 Å². The van der Waals surface area contributed by atoms with Gasteiger partial charge in [0.2, 0.25) is 5.88 Å². The minimum atomic E-state index is -0.0135. The molecule has 0 bridgehead atoms. The second kappa shape index (κ2) is 8.43. The Hall–Kier alpha value is -5.68. The molecule has 0 radical (unpaired) electrons. The molecule has 200 valence electrons. The molecule has 0 N–H and O–H groups in total. The predicted octanol–water partition coefficient (Wildman–Crippen LogP) is 8.41. The highest BCUT2D eigenvalue weighted by Crippen LogP contribution is 2.46. The fourth-order valence-electron chi connectivity index (χ4n) is 7.33. The monoisotopic (exact) mass is 550 g/mol. The molecule has 0 saturated carbocycles. The minimum absolute atomic E-state index is 0.0135. The average molecular weight is 550 g/mol. The van der Waals surface area contributed by atoms with E-state index in [2.05, 4.69) is 137 Å². The summed E-state index contributed by atoms with van der Waals surface area (Å²) in [5, 5.41) is 3.25. The van der Waals surface area contributed by atoms with Gasteiger partial charge in [-0.2, -0.15) is 0 Å². The number of rotatable bonds is 2. The lowest BCUT2D eigenvalue weighted by Crippen LogP contribution is -2.61. The van der Waals surface area contributed by atoms with Crippen LogP contribution in [0.4, 0.5) is 34.3 Å². The number of anilines is 6. The number of fused-ring (bicyclic) bond motifs is 10. The van der Waals surface area contributed by atoms with Gasteiger partial charge in [0.05, 0.1) is 0 Å². The van der Waals surface area contributed by atoms with E-state index in [0.29, 0.717) is 0 Å². The van der Waals surface area contributed by atoms with E-state index in [1.165, 1.54) is 27.8 Å². The Morgan fingerprint density at radius 2 is 1.02 bits per heavy atom. The smallest absolute Gasteiger partial charge is 0.257 e. The van der Waals surface area contributed by atoms with E-state index in [4.69, 9.17) is 8.83 Å². The molecule has 8 aromatic rings. The highest BCUT2D eigenvalue weighted by atomic mass is 16.4. The van der Waals surface area contributed by atoms with Crippen molar-refractivity contribution >= 4 is 90.3 Å². The molecule has 0 saturated heterocycles. The lowest BCUT2D eigenvalue weighted by Gasteiger charge is -2.42. The number of hydrogen-bond acceptors (Lipinski definition) is 4. The van der Waals surface area contributed by atoms with Gasteiger partial charge in [0.1, 0.15) is 5.58 Å². The first kappa shape index (κ1) is 22.9. The van der Waals surface area contributed by atoms with E-state index in [1.807, 2.05) is 12.1 Å². The molecule has 0 amide bonds. The summed E-state index contributed by atoms with van der Waals surface area (Å²) < 4.78 is 13.5. The van der Waals surface area contributed by atoms with Crippen LogP contribution in [0.3, 0.4) is 0 Å². The normalized spacial score (nSPS) is 13.4. The van der Waals surface area contributed by atoms with Crippen LogP contribution >= 0.6 is 0 Å². The van der Waals surface area contributed by atoms with Crippen molar-refractivity contribution in [1.82, 2.24) is 0 Å². The molecule has 4 heterocycles.